The monoisotopic (exact) mass is 508 g/mol. The largest absolute Gasteiger partial charge is 0.494 e. The number of aromatic nitrogens is 2. The zero-order valence-corrected chi connectivity index (χ0v) is 21.4. The number of para-hydroxylation sites is 1. The van der Waals surface area contributed by atoms with Crippen molar-refractivity contribution in [2.24, 2.45) is 0 Å². The van der Waals surface area contributed by atoms with E-state index in [1.54, 1.807) is 24.1 Å². The van der Waals surface area contributed by atoms with Crippen LogP contribution in [0.15, 0.2) is 36.4 Å². The van der Waals surface area contributed by atoms with E-state index in [0.29, 0.717) is 67.2 Å². The lowest BCUT2D eigenvalue weighted by molar-refractivity contribution is 0.0780. The third-order valence-corrected chi connectivity index (χ3v) is 6.71. The number of halogens is 1. The summed E-state index contributed by atoms with van der Waals surface area (Å²) in [6.45, 7) is 5.14. The first-order chi connectivity index (χ1) is 17.9. The van der Waals surface area contributed by atoms with E-state index in [-0.39, 0.29) is 17.6 Å². The lowest BCUT2D eigenvalue weighted by Crippen LogP contribution is -2.33. The Bertz CT molecular complexity index is 1320. The van der Waals surface area contributed by atoms with Gasteiger partial charge in [0.25, 0.3) is 11.8 Å². The zero-order chi connectivity index (χ0) is 26.5. The van der Waals surface area contributed by atoms with Crippen molar-refractivity contribution in [3.05, 3.63) is 58.9 Å². The number of alkyl halides is 1. The summed E-state index contributed by atoms with van der Waals surface area (Å²) in [5.74, 6) is 0.647. The van der Waals surface area contributed by atoms with Crippen molar-refractivity contribution in [3.63, 3.8) is 0 Å². The Morgan fingerprint density at radius 2 is 2.00 bits per heavy atom. The number of methoxy groups -OCH3 is 1. The summed E-state index contributed by atoms with van der Waals surface area (Å²) in [5.41, 5.74) is 3.23. The molecule has 0 aliphatic carbocycles. The summed E-state index contributed by atoms with van der Waals surface area (Å²) < 4.78 is 20.2. The number of amides is 2. The number of amidine groups is 1. The Balaban J connectivity index is 1.68. The predicted molar refractivity (Wildman–Crippen MR) is 140 cm³/mol. The maximum atomic E-state index is 13.6. The molecule has 0 saturated carbocycles. The SMILES string of the molecule is CCN1Cc2cccc(C(=O)N[C@@H](CCCNC(=N)CF)c3nc4c(OC)cccc4n3CC)c2C1=O. The molecule has 0 saturated heterocycles. The maximum absolute atomic E-state index is 13.6. The number of fused-ring (bicyclic) bond motifs is 2. The summed E-state index contributed by atoms with van der Waals surface area (Å²) in [7, 11) is 1.59. The number of carbonyl (C=O) groups excluding carboxylic acids is 2. The molecule has 0 spiro atoms. The highest BCUT2D eigenvalue weighted by molar-refractivity contribution is 6.09. The molecule has 1 aromatic heterocycles. The fourth-order valence-electron chi connectivity index (χ4n) is 4.86. The number of aryl methyl sites for hydroxylation is 1. The summed E-state index contributed by atoms with van der Waals surface area (Å²) in [4.78, 5) is 33.2. The van der Waals surface area contributed by atoms with E-state index in [4.69, 9.17) is 15.1 Å². The van der Waals surface area contributed by atoms with Gasteiger partial charge in [0.05, 0.1) is 29.8 Å². The van der Waals surface area contributed by atoms with Crippen LogP contribution >= 0.6 is 0 Å². The second-order valence-corrected chi connectivity index (χ2v) is 8.91. The van der Waals surface area contributed by atoms with Crippen LogP contribution < -0.4 is 15.4 Å². The highest BCUT2D eigenvalue weighted by atomic mass is 19.1. The number of imidazole rings is 1. The summed E-state index contributed by atoms with van der Waals surface area (Å²) >= 11 is 0. The van der Waals surface area contributed by atoms with Crippen LogP contribution in [0.5, 0.6) is 5.75 Å². The minimum Gasteiger partial charge on any atom is -0.494 e. The molecule has 2 amide bonds. The van der Waals surface area contributed by atoms with Gasteiger partial charge in [0.1, 0.15) is 29.6 Å². The number of nitrogens with zero attached hydrogens (tertiary/aromatic N) is 3. The quantitative estimate of drug-likeness (QED) is 0.207. The third kappa shape index (κ3) is 5.14. The first-order valence-electron chi connectivity index (χ1n) is 12.6. The average molecular weight is 509 g/mol. The lowest BCUT2D eigenvalue weighted by Gasteiger charge is -2.21. The fraction of sp³-hybridized carbons (Fsp3) is 0.407. The number of carbonyl (C=O) groups is 2. The molecule has 0 bridgehead atoms. The Morgan fingerprint density at radius 3 is 2.70 bits per heavy atom. The molecule has 1 atom stereocenters. The topological polar surface area (TPSA) is 112 Å². The molecule has 3 N–H and O–H groups in total. The van der Waals surface area contributed by atoms with E-state index in [2.05, 4.69) is 10.6 Å². The molecule has 3 aromatic rings. The zero-order valence-electron chi connectivity index (χ0n) is 21.4. The third-order valence-electron chi connectivity index (χ3n) is 6.71. The van der Waals surface area contributed by atoms with Crippen LogP contribution in [-0.4, -0.2) is 59.0 Å². The van der Waals surface area contributed by atoms with Crippen LogP contribution in [0.1, 0.15) is 64.8 Å². The van der Waals surface area contributed by atoms with Crippen molar-refractivity contribution in [2.45, 2.75) is 45.8 Å². The van der Waals surface area contributed by atoms with Crippen LogP contribution in [0.4, 0.5) is 4.39 Å². The number of hydrogen-bond acceptors (Lipinski definition) is 5. The van der Waals surface area contributed by atoms with Gasteiger partial charge in [-0.2, -0.15) is 0 Å². The van der Waals surface area contributed by atoms with Crippen molar-refractivity contribution in [2.75, 3.05) is 26.9 Å². The number of hydrogen-bond donors (Lipinski definition) is 3. The maximum Gasteiger partial charge on any atom is 0.255 e. The number of nitrogens with one attached hydrogen (secondary N) is 3. The van der Waals surface area contributed by atoms with Crippen LogP contribution in [-0.2, 0) is 13.1 Å². The molecule has 0 fully saturated rings. The number of rotatable bonds is 11. The average Bonchev–Trinajstić information content (AvgIpc) is 3.46. The summed E-state index contributed by atoms with van der Waals surface area (Å²) in [6, 6.07) is 10.6. The van der Waals surface area contributed by atoms with Crippen molar-refractivity contribution >= 4 is 28.7 Å². The molecule has 0 radical (unpaired) electrons. The van der Waals surface area contributed by atoms with Crippen LogP contribution in [0.25, 0.3) is 11.0 Å². The molecule has 10 heteroatoms. The Labute approximate surface area is 215 Å². The normalized spacial score (nSPS) is 13.5. The van der Waals surface area contributed by atoms with Gasteiger partial charge in [-0.25, -0.2) is 9.37 Å². The molecular weight excluding hydrogens is 475 g/mol. The number of benzene rings is 2. The molecule has 4 rings (SSSR count). The second kappa shape index (κ2) is 11.4. The second-order valence-electron chi connectivity index (χ2n) is 8.91. The van der Waals surface area contributed by atoms with E-state index >= 15 is 0 Å². The summed E-state index contributed by atoms with van der Waals surface area (Å²) in [5, 5.41) is 13.4. The molecule has 37 heavy (non-hydrogen) atoms. The Hall–Kier alpha value is -3.95. The van der Waals surface area contributed by atoms with Gasteiger partial charge in [0.15, 0.2) is 0 Å². The molecule has 196 valence electrons. The standard InChI is InChI=1S/C27H33FN6O3/c1-4-33-16-17-9-6-10-18(23(17)27(33)36)26(35)31-19(11-8-14-30-22(29)15-28)25-32-24-20(34(25)5-2)12-7-13-21(24)37-3/h6-7,9-10,12-13,19H,4-5,8,11,14-16H2,1-3H3,(H2,29,30)(H,31,35)/t19-/m0/s1. The molecular formula is C27H33FN6O3. The van der Waals surface area contributed by atoms with E-state index in [9.17, 15) is 14.0 Å². The molecule has 0 unspecified atom stereocenters. The van der Waals surface area contributed by atoms with Crippen molar-refractivity contribution in [3.8, 4) is 5.75 Å². The van der Waals surface area contributed by atoms with Gasteiger partial charge in [-0.3, -0.25) is 15.0 Å². The van der Waals surface area contributed by atoms with Crippen molar-refractivity contribution in [1.82, 2.24) is 25.1 Å². The fourth-order valence-corrected chi connectivity index (χ4v) is 4.86. The van der Waals surface area contributed by atoms with Crippen LogP contribution in [0.3, 0.4) is 0 Å². The molecule has 1 aliphatic rings. The molecule has 1 aliphatic heterocycles. The van der Waals surface area contributed by atoms with E-state index in [1.807, 2.05) is 42.7 Å². The Morgan fingerprint density at radius 1 is 1.22 bits per heavy atom. The minimum absolute atomic E-state index is 0.140. The van der Waals surface area contributed by atoms with Crippen molar-refractivity contribution < 1.29 is 18.7 Å². The smallest absolute Gasteiger partial charge is 0.255 e. The van der Waals surface area contributed by atoms with Gasteiger partial charge in [-0.1, -0.05) is 18.2 Å². The van der Waals surface area contributed by atoms with Gasteiger partial charge >= 0.3 is 0 Å². The van der Waals surface area contributed by atoms with Gasteiger partial charge < -0.3 is 24.8 Å². The lowest BCUT2D eigenvalue weighted by atomic mass is 10.0. The van der Waals surface area contributed by atoms with Gasteiger partial charge in [-0.15, -0.1) is 0 Å². The van der Waals surface area contributed by atoms with Gasteiger partial charge in [0, 0.05) is 26.2 Å². The highest BCUT2D eigenvalue weighted by Gasteiger charge is 2.32. The van der Waals surface area contributed by atoms with Crippen LogP contribution in [0, 0.1) is 5.41 Å². The van der Waals surface area contributed by atoms with E-state index < -0.39 is 12.7 Å². The predicted octanol–water partition coefficient (Wildman–Crippen LogP) is 3.83. The Kier molecular flexibility index (Phi) is 8.05. The van der Waals surface area contributed by atoms with E-state index in [1.165, 1.54) is 0 Å². The minimum atomic E-state index is -0.854. The van der Waals surface area contributed by atoms with Crippen molar-refractivity contribution in [1.29, 1.82) is 5.41 Å². The first-order valence-corrected chi connectivity index (χ1v) is 12.6. The molecule has 2 heterocycles. The number of ether oxygens (including phenoxy) is 1. The van der Waals surface area contributed by atoms with Gasteiger partial charge in [-0.05, 0) is 50.5 Å². The van der Waals surface area contributed by atoms with E-state index in [0.717, 1.165) is 11.1 Å². The first kappa shape index (κ1) is 26.1. The molecule has 2 aromatic carbocycles. The highest BCUT2D eigenvalue weighted by Crippen LogP contribution is 2.31. The molecule has 9 nitrogen and oxygen atoms in total. The summed E-state index contributed by atoms with van der Waals surface area (Å²) in [6.07, 6.45) is 1.06. The van der Waals surface area contributed by atoms with Gasteiger partial charge in [0.2, 0.25) is 0 Å². The van der Waals surface area contributed by atoms with Crippen LogP contribution in [0.2, 0.25) is 0 Å².